The molecule has 0 aliphatic heterocycles. The van der Waals surface area contributed by atoms with Gasteiger partial charge in [-0.25, -0.2) is 0 Å². The van der Waals surface area contributed by atoms with Crippen LogP contribution in [0.2, 0.25) is 0 Å². The highest BCUT2D eigenvalue weighted by atomic mass is 16.5. The molecule has 0 bridgehead atoms. The summed E-state index contributed by atoms with van der Waals surface area (Å²) < 4.78 is 70.0. The van der Waals surface area contributed by atoms with Gasteiger partial charge in [-0.15, -0.1) is 0 Å². The molecule has 12 heavy (non-hydrogen) atoms. The van der Waals surface area contributed by atoms with E-state index in [4.69, 9.17) is 22.4 Å². The van der Waals surface area contributed by atoms with Crippen molar-refractivity contribution in [2.24, 2.45) is 0 Å². The summed E-state index contributed by atoms with van der Waals surface area (Å²) in [4.78, 5) is 0. The summed E-state index contributed by atoms with van der Waals surface area (Å²) in [6.07, 6.45) is 0. The smallest absolute Gasteiger partial charge is 0.488 e. The molecule has 64 valence electrons. The predicted molar refractivity (Wildman–Crippen MR) is 47.6 cm³/mol. The van der Waals surface area contributed by atoms with Crippen molar-refractivity contribution in [1.29, 1.82) is 0 Å². The van der Waals surface area contributed by atoms with Crippen molar-refractivity contribution in [1.82, 2.24) is 0 Å². The van der Waals surface area contributed by atoms with Crippen LogP contribution in [0.1, 0.15) is 17.9 Å². The van der Waals surface area contributed by atoms with E-state index in [0.29, 0.717) is 0 Å². The second-order valence-corrected chi connectivity index (χ2v) is 1.97. The van der Waals surface area contributed by atoms with Crippen LogP contribution in [-0.4, -0.2) is 24.2 Å². The molecule has 0 aliphatic rings. The van der Waals surface area contributed by atoms with E-state index in [2.05, 4.69) is 4.74 Å². The standard InChI is InChI=1S/C8H11BO3/c1-6-3-7(9(10)11)5-8(4-6)12-2/h3-5,10-11H,1-2H3/i1D3,2D3,3D,4D,5D. The van der Waals surface area contributed by atoms with Gasteiger partial charge < -0.3 is 14.8 Å². The minimum Gasteiger partial charge on any atom is -0.497 e. The Labute approximate surface area is 84.4 Å². The van der Waals surface area contributed by atoms with Crippen molar-refractivity contribution in [3.63, 3.8) is 0 Å². The molecular formula is C8H11BO3. The summed E-state index contributed by atoms with van der Waals surface area (Å²) in [5, 5.41) is 18.3. The molecule has 1 aromatic rings. The molecule has 3 nitrogen and oxygen atoms in total. The Balaban J connectivity index is 3.77. The van der Waals surface area contributed by atoms with Crippen LogP contribution < -0.4 is 10.2 Å². The van der Waals surface area contributed by atoms with E-state index in [1.807, 2.05) is 0 Å². The summed E-state index contributed by atoms with van der Waals surface area (Å²) >= 11 is 0. The van der Waals surface area contributed by atoms with Crippen LogP contribution in [0.4, 0.5) is 0 Å². The third-order valence-corrected chi connectivity index (χ3v) is 1.11. The van der Waals surface area contributed by atoms with Crippen molar-refractivity contribution in [3.05, 3.63) is 23.7 Å². The second kappa shape index (κ2) is 3.60. The van der Waals surface area contributed by atoms with Gasteiger partial charge in [-0.2, -0.15) is 0 Å². The molecule has 1 aromatic carbocycles. The number of ether oxygens (including phenoxy) is 1. The number of rotatable bonds is 2. The molecule has 0 radical (unpaired) electrons. The van der Waals surface area contributed by atoms with Gasteiger partial charge in [-0.3, -0.25) is 0 Å². The van der Waals surface area contributed by atoms with Gasteiger partial charge in [0, 0.05) is 4.11 Å². The van der Waals surface area contributed by atoms with Gasteiger partial charge >= 0.3 is 7.12 Å². The molecule has 0 saturated carbocycles. The highest BCUT2D eigenvalue weighted by molar-refractivity contribution is 6.58. The van der Waals surface area contributed by atoms with Crippen LogP contribution in [-0.2, 0) is 0 Å². The van der Waals surface area contributed by atoms with E-state index in [1.54, 1.807) is 0 Å². The number of methoxy groups -OCH3 is 1. The van der Waals surface area contributed by atoms with E-state index >= 15 is 0 Å². The van der Waals surface area contributed by atoms with E-state index in [0.717, 1.165) is 0 Å². The maximum absolute atomic E-state index is 9.16. The highest BCUT2D eigenvalue weighted by Crippen LogP contribution is 2.09. The molecule has 2 N–H and O–H groups in total. The number of hydrogen-bond donors (Lipinski definition) is 2. The van der Waals surface area contributed by atoms with Crippen molar-refractivity contribution in [3.8, 4) is 5.75 Å². The van der Waals surface area contributed by atoms with E-state index in [1.165, 1.54) is 0 Å². The lowest BCUT2D eigenvalue weighted by molar-refractivity contribution is 0.411. The maximum Gasteiger partial charge on any atom is 0.488 e. The quantitative estimate of drug-likeness (QED) is 0.606. The Bertz CT molecular complexity index is 552. The third kappa shape index (κ3) is 2.00. The van der Waals surface area contributed by atoms with Crippen LogP contribution >= 0.6 is 0 Å². The molecule has 4 heteroatoms. The monoisotopic (exact) mass is 175 g/mol. The molecule has 0 aromatic heterocycles. The van der Waals surface area contributed by atoms with E-state index in [9.17, 15) is 0 Å². The van der Waals surface area contributed by atoms with Crippen LogP contribution in [0, 0.1) is 6.85 Å². The molecule has 0 atom stereocenters. The van der Waals surface area contributed by atoms with Gasteiger partial charge in [0.1, 0.15) is 5.75 Å². The summed E-state index contributed by atoms with van der Waals surface area (Å²) in [5.74, 6) is -0.944. The average molecular weight is 175 g/mol. The Morgan fingerprint density at radius 3 is 2.92 bits per heavy atom. The second-order valence-electron chi connectivity index (χ2n) is 1.97. The van der Waals surface area contributed by atoms with Gasteiger partial charge in [0.15, 0.2) is 0 Å². The largest absolute Gasteiger partial charge is 0.497 e. The first kappa shape index (κ1) is 2.75. The number of benzene rings is 1. The van der Waals surface area contributed by atoms with Crippen molar-refractivity contribution in [2.45, 2.75) is 6.85 Å². The Morgan fingerprint density at radius 2 is 2.33 bits per heavy atom. The Morgan fingerprint density at radius 1 is 1.50 bits per heavy atom. The molecule has 0 saturated heterocycles. The third-order valence-electron chi connectivity index (χ3n) is 1.11. The summed E-state index contributed by atoms with van der Waals surface area (Å²) in [5.41, 5.74) is -1.75. The molecule has 0 fully saturated rings. The first-order chi connectivity index (χ1) is 9.27. The lowest BCUT2D eigenvalue weighted by Gasteiger charge is -2.05. The summed E-state index contributed by atoms with van der Waals surface area (Å²) in [6, 6.07) is -2.83. The van der Waals surface area contributed by atoms with Crippen molar-refractivity contribution >= 4 is 12.6 Å². The predicted octanol–water partition coefficient (Wildman–Crippen LogP) is -0.317. The van der Waals surface area contributed by atoms with Gasteiger partial charge in [0.05, 0.1) is 15.3 Å². The average Bonchev–Trinajstić information content (AvgIpc) is 2.20. The topological polar surface area (TPSA) is 49.7 Å². The Kier molecular flexibility index (Phi) is 0.827. The SMILES string of the molecule is [2H]c1c(OC([2H])([2H])[2H])c([2H])c(C([2H])([2H])[2H])c([2H])c1B(O)O. The van der Waals surface area contributed by atoms with Crippen LogP contribution in [0.3, 0.4) is 0 Å². The zero-order valence-corrected chi connectivity index (χ0v) is 5.88. The highest BCUT2D eigenvalue weighted by Gasteiger charge is 2.11. The van der Waals surface area contributed by atoms with E-state index in [-0.39, 0.29) is 0 Å². The minimum atomic E-state index is -3.07. The first-order valence-electron chi connectivity index (χ1n) is 7.46. The maximum atomic E-state index is 9.16. The van der Waals surface area contributed by atoms with E-state index < -0.39 is 55.9 Å². The van der Waals surface area contributed by atoms with Crippen LogP contribution in [0.15, 0.2) is 18.1 Å². The molecule has 1 rings (SSSR count). The van der Waals surface area contributed by atoms with Gasteiger partial charge in [0.25, 0.3) is 0 Å². The lowest BCUT2D eigenvalue weighted by atomic mass is 9.79. The Hall–Kier alpha value is -0.995. The van der Waals surface area contributed by atoms with Gasteiger partial charge in [-0.1, -0.05) is 6.04 Å². The molecule has 0 spiro atoms. The fourth-order valence-electron chi connectivity index (χ4n) is 0.644. The summed E-state index contributed by atoms with van der Waals surface area (Å²) in [7, 11) is -5.45. The fourth-order valence-corrected chi connectivity index (χ4v) is 0.644. The minimum absolute atomic E-state index is 0.837. The number of hydrogen-bond acceptors (Lipinski definition) is 3. The molecule has 0 heterocycles. The normalized spacial score (nSPS) is 22.7. The molecule has 0 aliphatic carbocycles. The molecule has 0 unspecified atom stereocenters. The molecule has 0 amide bonds. The zero-order chi connectivity index (χ0) is 16.7. The van der Waals surface area contributed by atoms with Crippen LogP contribution in [0.25, 0.3) is 0 Å². The van der Waals surface area contributed by atoms with Gasteiger partial charge in [0.2, 0.25) is 0 Å². The molecular weight excluding hydrogens is 155 g/mol. The zero-order valence-electron chi connectivity index (χ0n) is 14.9. The lowest BCUT2D eigenvalue weighted by Crippen LogP contribution is -2.29. The van der Waals surface area contributed by atoms with Gasteiger partial charge in [-0.05, 0) is 30.0 Å². The van der Waals surface area contributed by atoms with Crippen LogP contribution in [0.5, 0.6) is 5.75 Å². The summed E-state index contributed by atoms with van der Waals surface area (Å²) in [6.45, 7) is -2.99. The van der Waals surface area contributed by atoms with Crippen molar-refractivity contribution in [2.75, 3.05) is 7.04 Å². The van der Waals surface area contributed by atoms with Crippen molar-refractivity contribution < 1.29 is 27.1 Å². The fraction of sp³-hybridized carbons (Fsp3) is 0.250. The first-order valence-corrected chi connectivity index (χ1v) is 2.96.